The summed E-state index contributed by atoms with van der Waals surface area (Å²) in [6, 6.07) is 15.5. The van der Waals surface area contributed by atoms with Gasteiger partial charge in [-0.05, 0) is 0 Å². The zero-order valence-corrected chi connectivity index (χ0v) is 19.4. The Morgan fingerprint density at radius 2 is 1.60 bits per heavy atom. The molecule has 1 heterocycles. The summed E-state index contributed by atoms with van der Waals surface area (Å²) < 4.78 is 1.19. The van der Waals surface area contributed by atoms with Gasteiger partial charge in [-0.15, -0.1) is 0 Å². The molecule has 2 N–H and O–H groups in total. The Morgan fingerprint density at radius 1 is 0.920 bits per heavy atom. The molecule has 0 saturated heterocycles. The van der Waals surface area contributed by atoms with Crippen LogP contribution in [0.5, 0.6) is 0 Å². The average Bonchev–Trinajstić information content (AvgIpc) is 2.58. The summed E-state index contributed by atoms with van der Waals surface area (Å²) in [6.07, 6.45) is 0. The number of nitrogens with one attached hydrogen (secondary N) is 2. The van der Waals surface area contributed by atoms with E-state index in [1.165, 1.54) is -1.37 Å². The molecule has 3 rings (SSSR count). The first kappa shape index (κ1) is 18.5. The number of para-hydroxylation sites is 1. The molecular weight excluding hydrogens is 411 g/mol. The molecule has 0 aliphatic heterocycles. The molecule has 120 valence electrons. The molecule has 1 aromatic heterocycles. The third kappa shape index (κ3) is 5.36. The van der Waals surface area contributed by atoms with Gasteiger partial charge in [0.05, 0.1) is 0 Å². The molecular formula is C16H13ClN7Rb. The van der Waals surface area contributed by atoms with Crippen LogP contribution in [-0.4, -0.2) is 77.5 Å². The van der Waals surface area contributed by atoms with E-state index in [2.05, 4.69) is 35.8 Å². The molecule has 0 bridgehead atoms. The van der Waals surface area contributed by atoms with E-state index in [4.69, 9.17) is 11.6 Å². The first-order valence-corrected chi connectivity index (χ1v) is 10.4. The van der Waals surface area contributed by atoms with Crippen LogP contribution in [0, 0.1) is 0 Å². The third-order valence-corrected chi connectivity index (χ3v) is 5.44. The number of anilines is 4. The van der Waals surface area contributed by atoms with Crippen molar-refractivity contribution in [2.75, 3.05) is 17.7 Å². The van der Waals surface area contributed by atoms with E-state index in [9.17, 15) is 0 Å². The van der Waals surface area contributed by atoms with Gasteiger partial charge in [-0.3, -0.25) is 0 Å². The van der Waals surface area contributed by atoms with Crippen molar-refractivity contribution < 1.29 is 0 Å². The minimum atomic E-state index is 0.114. The maximum absolute atomic E-state index is 6.02. The molecule has 0 atom stereocenters. The van der Waals surface area contributed by atoms with Gasteiger partial charge >= 0.3 is 191 Å². The van der Waals surface area contributed by atoms with Crippen molar-refractivity contribution >= 4 is 94.7 Å². The fourth-order valence-electron chi connectivity index (χ4n) is 2.19. The van der Waals surface area contributed by atoms with Crippen LogP contribution in [-0.2, 0) is 0 Å². The molecule has 0 aliphatic rings. The molecule has 0 radical (unpaired) electrons. The Morgan fingerprint density at radius 3 is 2.24 bits per heavy atom. The van der Waals surface area contributed by atoms with Gasteiger partial charge < -0.3 is 0 Å². The normalized spacial score (nSPS) is 10.9. The Bertz CT molecular complexity index is 902. The van der Waals surface area contributed by atoms with Gasteiger partial charge in [0, 0.05) is 0 Å². The second-order valence-electron chi connectivity index (χ2n) is 5.17. The van der Waals surface area contributed by atoms with Crippen LogP contribution in [0.4, 0.5) is 29.0 Å². The first-order chi connectivity index (χ1) is 12.1. The SMILES string of the molecule is C/N=N/c1ccc(Nc2nc(Cl)nc(Nc3ccccc3)n2)c[c]1[Rb]. The molecule has 0 unspecified atom stereocenters. The number of aromatic nitrogens is 3. The van der Waals surface area contributed by atoms with Gasteiger partial charge in [-0.1, -0.05) is 0 Å². The van der Waals surface area contributed by atoms with Crippen LogP contribution in [0.2, 0.25) is 5.28 Å². The standard InChI is InChI=1S/C16H13ClN7.Rb/c1-18-24-13-9-7-12(8-10-13)20-16-22-14(17)21-15(23-16)19-11-5-3-2-4-6-11;/h2-9H,1H3,(H2,19,20,21,22,23);/b24-18+;. The zero-order chi connectivity index (χ0) is 17.6. The molecule has 2 aromatic carbocycles. The molecule has 0 fully saturated rings. The van der Waals surface area contributed by atoms with Gasteiger partial charge in [0.2, 0.25) is 0 Å². The number of azo groups is 1. The van der Waals surface area contributed by atoms with Crippen LogP contribution >= 0.6 is 11.6 Å². The quantitative estimate of drug-likeness (QED) is 0.612. The van der Waals surface area contributed by atoms with E-state index >= 15 is 0 Å². The van der Waals surface area contributed by atoms with Crippen molar-refractivity contribution in [2.45, 2.75) is 0 Å². The average molecular weight is 424 g/mol. The second-order valence-corrected chi connectivity index (χ2v) is 8.16. The summed E-state index contributed by atoms with van der Waals surface area (Å²) in [5, 5.41) is 14.3. The van der Waals surface area contributed by atoms with Crippen molar-refractivity contribution in [3.63, 3.8) is 0 Å². The van der Waals surface area contributed by atoms with Gasteiger partial charge in [0.15, 0.2) is 0 Å². The van der Waals surface area contributed by atoms with Crippen molar-refractivity contribution in [1.29, 1.82) is 0 Å². The molecule has 0 aliphatic carbocycles. The maximum atomic E-state index is 6.02. The Hall–Kier alpha value is -1.25. The zero-order valence-electron chi connectivity index (χ0n) is 13.7. The van der Waals surface area contributed by atoms with E-state index in [0.717, 1.165) is 17.1 Å². The Kier molecular flexibility index (Phi) is 6.60. The van der Waals surface area contributed by atoms with Crippen LogP contribution in [0.1, 0.15) is 0 Å². The van der Waals surface area contributed by atoms with Crippen LogP contribution in [0.3, 0.4) is 0 Å². The monoisotopic (exact) mass is 423 g/mol. The number of benzene rings is 2. The molecule has 3 aromatic rings. The third-order valence-electron chi connectivity index (χ3n) is 3.30. The summed E-state index contributed by atoms with van der Waals surface area (Å²) in [7, 11) is 1.66. The van der Waals surface area contributed by atoms with Crippen molar-refractivity contribution in [1.82, 2.24) is 15.0 Å². The predicted octanol–water partition coefficient (Wildman–Crippen LogP) is 3.52. The van der Waals surface area contributed by atoms with E-state index < -0.39 is 0 Å². The molecule has 0 saturated carbocycles. The number of hydrogen-bond donors (Lipinski definition) is 2. The van der Waals surface area contributed by atoms with Crippen LogP contribution in [0.15, 0.2) is 58.8 Å². The molecule has 9 heteroatoms. The number of nitrogens with zero attached hydrogens (tertiary/aromatic N) is 5. The number of hydrogen-bond acceptors (Lipinski definition) is 7. The molecule has 0 spiro atoms. The summed E-state index contributed by atoms with van der Waals surface area (Å²) in [5.41, 5.74) is 2.65. The number of halogens is 1. The van der Waals surface area contributed by atoms with Crippen molar-refractivity contribution in [2.24, 2.45) is 10.2 Å². The van der Waals surface area contributed by atoms with Gasteiger partial charge in [-0.25, -0.2) is 0 Å². The summed E-state index contributed by atoms with van der Waals surface area (Å²) in [5.74, 6) is 0.749. The van der Waals surface area contributed by atoms with E-state index in [1.54, 1.807) is 7.05 Å². The minimum absolute atomic E-state index is 0.114. The first-order valence-electron chi connectivity index (χ1n) is 7.55. The van der Waals surface area contributed by atoms with Gasteiger partial charge in [-0.2, -0.15) is 0 Å². The molecule has 0 amide bonds. The second kappa shape index (κ2) is 8.91. The molecule has 25 heavy (non-hydrogen) atoms. The van der Waals surface area contributed by atoms with E-state index in [1.807, 2.05) is 48.5 Å². The van der Waals surface area contributed by atoms with Crippen LogP contribution in [0.25, 0.3) is 0 Å². The summed E-state index contributed by atoms with van der Waals surface area (Å²) in [6.45, 7) is 0. The number of rotatable bonds is 5. The summed E-state index contributed by atoms with van der Waals surface area (Å²) in [4.78, 5) is 12.6. The Labute approximate surface area is 189 Å². The molecule has 7 nitrogen and oxygen atoms in total. The predicted molar refractivity (Wildman–Crippen MR) is 100 cm³/mol. The van der Waals surface area contributed by atoms with Crippen molar-refractivity contribution in [3.05, 3.63) is 53.8 Å². The van der Waals surface area contributed by atoms with Crippen molar-refractivity contribution in [3.8, 4) is 0 Å². The Balaban J connectivity index is 1.82. The summed E-state index contributed by atoms with van der Waals surface area (Å²) >= 11 is 6.31. The van der Waals surface area contributed by atoms with Gasteiger partial charge in [0.25, 0.3) is 0 Å². The fourth-order valence-corrected chi connectivity index (χ4v) is 3.77. The van der Waals surface area contributed by atoms with E-state index in [0.29, 0.717) is 11.9 Å². The van der Waals surface area contributed by atoms with Crippen LogP contribution < -0.4 is 9.27 Å². The van der Waals surface area contributed by atoms with E-state index in [-0.39, 0.29) is 60.8 Å². The fraction of sp³-hybridized carbons (Fsp3) is 0.0625. The topological polar surface area (TPSA) is 87.5 Å². The van der Waals surface area contributed by atoms with Gasteiger partial charge in [0.1, 0.15) is 0 Å².